The number of benzene rings is 3. The molecule has 1 N–H and O–H groups in total. The monoisotopic (exact) mass is 389 g/mol. The lowest BCUT2D eigenvalue weighted by molar-refractivity contribution is -0.122. The Morgan fingerprint density at radius 1 is 0.793 bits per heavy atom. The Hall–Kier alpha value is -3.27. The molecule has 0 heterocycles. The predicted molar refractivity (Wildman–Crippen MR) is 117 cm³/mol. The first-order valence-corrected chi connectivity index (χ1v) is 9.72. The van der Waals surface area contributed by atoms with Crippen LogP contribution in [-0.2, 0) is 10.2 Å². The number of nitrogens with one attached hydrogen (secondary N) is 1. The van der Waals surface area contributed by atoms with Gasteiger partial charge in [0.1, 0.15) is 17.2 Å². The third-order valence-corrected chi connectivity index (χ3v) is 4.50. The Labute approximate surface area is 172 Å². The fourth-order valence-electron chi connectivity index (χ4n) is 2.77. The number of carbonyl (C=O) groups is 1. The molecule has 0 aromatic heterocycles. The Bertz CT molecular complexity index is 927. The highest BCUT2D eigenvalue weighted by atomic mass is 16.5. The van der Waals surface area contributed by atoms with E-state index in [0.29, 0.717) is 17.2 Å². The molecule has 4 nitrogen and oxygen atoms in total. The lowest BCUT2D eigenvalue weighted by Gasteiger charge is -2.20. The van der Waals surface area contributed by atoms with Gasteiger partial charge in [-0.3, -0.25) is 4.79 Å². The zero-order valence-corrected chi connectivity index (χ0v) is 17.3. The van der Waals surface area contributed by atoms with Gasteiger partial charge in [0, 0.05) is 5.69 Å². The third kappa shape index (κ3) is 5.85. The minimum atomic E-state index is -0.615. The predicted octanol–water partition coefficient (Wildman–Crippen LogP) is 6.18. The van der Waals surface area contributed by atoms with Gasteiger partial charge in [-0.15, -0.1) is 0 Å². The van der Waals surface area contributed by atoms with Crippen molar-refractivity contribution in [1.82, 2.24) is 0 Å². The van der Waals surface area contributed by atoms with Crippen LogP contribution in [0.5, 0.6) is 17.2 Å². The summed E-state index contributed by atoms with van der Waals surface area (Å²) in [5.74, 6) is 1.94. The molecule has 3 aromatic rings. The quantitative estimate of drug-likeness (QED) is 0.547. The summed E-state index contributed by atoms with van der Waals surface area (Å²) in [5, 5.41) is 2.87. The van der Waals surface area contributed by atoms with E-state index >= 15 is 0 Å². The fraction of sp³-hybridized carbons (Fsp3) is 0.240. The maximum absolute atomic E-state index is 12.5. The molecule has 0 saturated heterocycles. The van der Waals surface area contributed by atoms with Gasteiger partial charge in [-0.1, -0.05) is 51.1 Å². The number of amides is 1. The maximum Gasteiger partial charge on any atom is 0.265 e. The van der Waals surface area contributed by atoms with Crippen molar-refractivity contribution in [2.24, 2.45) is 0 Å². The van der Waals surface area contributed by atoms with Gasteiger partial charge >= 0.3 is 0 Å². The largest absolute Gasteiger partial charge is 0.481 e. The summed E-state index contributed by atoms with van der Waals surface area (Å²) < 4.78 is 11.5. The minimum absolute atomic E-state index is 0.0813. The number of hydrogen-bond donors (Lipinski definition) is 1. The summed E-state index contributed by atoms with van der Waals surface area (Å²) in [6, 6.07) is 24.7. The summed E-state index contributed by atoms with van der Waals surface area (Å²) in [5.41, 5.74) is 1.99. The molecule has 1 atom stereocenters. The summed E-state index contributed by atoms with van der Waals surface area (Å²) in [6.07, 6.45) is -0.615. The van der Waals surface area contributed by atoms with Crippen LogP contribution in [0.15, 0.2) is 78.9 Å². The number of ether oxygens (including phenoxy) is 2. The summed E-state index contributed by atoms with van der Waals surface area (Å²) in [4.78, 5) is 12.5. The van der Waals surface area contributed by atoms with Gasteiger partial charge in [-0.25, -0.2) is 0 Å². The van der Waals surface area contributed by atoms with E-state index in [1.807, 2.05) is 66.7 Å². The molecule has 0 saturated carbocycles. The van der Waals surface area contributed by atoms with Crippen molar-refractivity contribution >= 4 is 11.6 Å². The highest BCUT2D eigenvalue weighted by Crippen LogP contribution is 2.25. The molecule has 0 fully saturated rings. The molecule has 150 valence electrons. The van der Waals surface area contributed by atoms with Crippen LogP contribution in [0.4, 0.5) is 5.69 Å². The SMILES string of the molecule is CC(Oc1ccc(C(C)(C)C)cc1)C(=O)Nc1ccc(Oc2ccccc2)cc1. The fourth-order valence-corrected chi connectivity index (χ4v) is 2.77. The zero-order chi connectivity index (χ0) is 20.9. The van der Waals surface area contributed by atoms with Crippen molar-refractivity contribution in [2.45, 2.75) is 39.2 Å². The molecule has 0 aliphatic rings. The van der Waals surface area contributed by atoms with Gasteiger partial charge < -0.3 is 14.8 Å². The van der Waals surface area contributed by atoms with Crippen molar-refractivity contribution in [3.8, 4) is 17.2 Å². The van der Waals surface area contributed by atoms with Gasteiger partial charge in [0.25, 0.3) is 5.91 Å². The molecule has 0 aliphatic carbocycles. The Balaban J connectivity index is 1.55. The second-order valence-corrected chi connectivity index (χ2v) is 7.96. The van der Waals surface area contributed by atoms with Crippen LogP contribution in [-0.4, -0.2) is 12.0 Å². The van der Waals surface area contributed by atoms with Crippen LogP contribution in [0.1, 0.15) is 33.3 Å². The molecule has 1 amide bonds. The van der Waals surface area contributed by atoms with Crippen LogP contribution >= 0.6 is 0 Å². The Morgan fingerprint density at radius 2 is 1.34 bits per heavy atom. The van der Waals surface area contributed by atoms with Gasteiger partial charge in [0.2, 0.25) is 0 Å². The van der Waals surface area contributed by atoms with E-state index in [4.69, 9.17) is 9.47 Å². The first-order valence-electron chi connectivity index (χ1n) is 9.72. The van der Waals surface area contributed by atoms with E-state index in [1.54, 1.807) is 19.1 Å². The number of para-hydroxylation sites is 1. The summed E-state index contributed by atoms with van der Waals surface area (Å²) in [6.45, 7) is 8.22. The highest BCUT2D eigenvalue weighted by molar-refractivity contribution is 5.94. The normalized spacial score (nSPS) is 12.1. The topological polar surface area (TPSA) is 47.6 Å². The van der Waals surface area contributed by atoms with Gasteiger partial charge in [-0.05, 0) is 66.4 Å². The van der Waals surface area contributed by atoms with Crippen LogP contribution in [0, 0.1) is 0 Å². The lowest BCUT2D eigenvalue weighted by Crippen LogP contribution is -2.30. The molecule has 0 spiro atoms. The zero-order valence-electron chi connectivity index (χ0n) is 17.3. The molecule has 3 rings (SSSR count). The molecular formula is C25H27NO3. The first-order chi connectivity index (χ1) is 13.8. The lowest BCUT2D eigenvalue weighted by atomic mass is 9.87. The van der Waals surface area contributed by atoms with Gasteiger partial charge in [0.15, 0.2) is 6.10 Å². The first kappa shape index (κ1) is 20.5. The third-order valence-electron chi connectivity index (χ3n) is 4.50. The van der Waals surface area contributed by atoms with E-state index in [0.717, 1.165) is 5.75 Å². The van der Waals surface area contributed by atoms with Crippen LogP contribution in [0.3, 0.4) is 0 Å². The minimum Gasteiger partial charge on any atom is -0.481 e. The van der Waals surface area contributed by atoms with E-state index in [-0.39, 0.29) is 11.3 Å². The van der Waals surface area contributed by atoms with E-state index in [2.05, 4.69) is 26.1 Å². The van der Waals surface area contributed by atoms with Crippen molar-refractivity contribution in [3.63, 3.8) is 0 Å². The second kappa shape index (κ2) is 8.82. The Kier molecular flexibility index (Phi) is 6.23. The molecular weight excluding hydrogens is 362 g/mol. The van der Waals surface area contributed by atoms with Gasteiger partial charge in [0.05, 0.1) is 0 Å². The van der Waals surface area contributed by atoms with E-state index in [1.165, 1.54) is 5.56 Å². The number of hydrogen-bond acceptors (Lipinski definition) is 3. The average molecular weight is 389 g/mol. The molecule has 29 heavy (non-hydrogen) atoms. The van der Waals surface area contributed by atoms with Crippen LogP contribution in [0.25, 0.3) is 0 Å². The molecule has 0 radical (unpaired) electrons. The van der Waals surface area contributed by atoms with Crippen molar-refractivity contribution in [1.29, 1.82) is 0 Å². The van der Waals surface area contributed by atoms with Crippen molar-refractivity contribution in [3.05, 3.63) is 84.4 Å². The molecule has 0 aliphatic heterocycles. The average Bonchev–Trinajstić information content (AvgIpc) is 2.70. The van der Waals surface area contributed by atoms with Crippen LogP contribution in [0.2, 0.25) is 0 Å². The number of carbonyl (C=O) groups excluding carboxylic acids is 1. The van der Waals surface area contributed by atoms with E-state index < -0.39 is 6.10 Å². The highest BCUT2D eigenvalue weighted by Gasteiger charge is 2.17. The molecule has 1 unspecified atom stereocenters. The number of rotatable bonds is 6. The summed E-state index contributed by atoms with van der Waals surface area (Å²) in [7, 11) is 0. The smallest absolute Gasteiger partial charge is 0.265 e. The molecule has 0 bridgehead atoms. The van der Waals surface area contributed by atoms with E-state index in [9.17, 15) is 4.79 Å². The van der Waals surface area contributed by atoms with Crippen molar-refractivity contribution < 1.29 is 14.3 Å². The molecule has 4 heteroatoms. The second-order valence-electron chi connectivity index (χ2n) is 7.96. The standard InChI is InChI=1S/C25H27NO3/c1-18(28-22-14-10-19(11-15-22)25(2,3)4)24(27)26-20-12-16-23(17-13-20)29-21-8-6-5-7-9-21/h5-18H,1-4H3,(H,26,27). The summed E-state index contributed by atoms with van der Waals surface area (Å²) >= 11 is 0. The Morgan fingerprint density at radius 3 is 1.93 bits per heavy atom. The molecule has 3 aromatic carbocycles. The van der Waals surface area contributed by atoms with Crippen LogP contribution < -0.4 is 14.8 Å². The van der Waals surface area contributed by atoms with Gasteiger partial charge in [-0.2, -0.15) is 0 Å². The van der Waals surface area contributed by atoms with Crippen molar-refractivity contribution in [2.75, 3.05) is 5.32 Å². The maximum atomic E-state index is 12.5. The number of anilines is 1.